The molecule has 2 rings (SSSR count). The number of H-pyrrole nitrogens is 1. The second-order valence-electron chi connectivity index (χ2n) is 3.97. The smallest absolute Gasteiger partial charge is 0.298 e. The third-order valence-electron chi connectivity index (χ3n) is 2.56. The lowest BCUT2D eigenvalue weighted by atomic mass is 10.1. The summed E-state index contributed by atoms with van der Waals surface area (Å²) >= 11 is 0. The van der Waals surface area contributed by atoms with Crippen molar-refractivity contribution in [1.82, 2.24) is 10.2 Å². The summed E-state index contributed by atoms with van der Waals surface area (Å²) in [6, 6.07) is 7.14. The molecule has 1 aromatic carbocycles. The molecule has 90 valence electrons. The Bertz CT molecular complexity index is 621. The number of amides is 1. The largest absolute Gasteiger partial charge is 0.449 e. The third-order valence-corrected chi connectivity index (χ3v) is 2.56. The third kappa shape index (κ3) is 2.20. The number of aromatic nitrogens is 2. The molecule has 0 saturated carbocycles. The predicted molar refractivity (Wildman–Crippen MR) is 67.2 cm³/mol. The molecule has 0 fully saturated rings. The molecular formula is C12H12N5O+. The van der Waals surface area contributed by atoms with Crippen LogP contribution in [0, 0.1) is 19.2 Å². The van der Waals surface area contributed by atoms with Crippen LogP contribution in [0.4, 0.5) is 11.5 Å². The monoisotopic (exact) mass is 242 g/mol. The normalized spacial score (nSPS) is 9.83. The number of rotatable bonds is 2. The molecule has 6 nitrogen and oxygen atoms in total. The van der Waals surface area contributed by atoms with E-state index in [1.54, 1.807) is 19.1 Å². The van der Waals surface area contributed by atoms with Gasteiger partial charge in [-0.2, -0.15) is 0 Å². The first-order chi connectivity index (χ1) is 8.61. The maximum atomic E-state index is 11.9. The van der Waals surface area contributed by atoms with E-state index in [-0.39, 0.29) is 17.4 Å². The highest BCUT2D eigenvalue weighted by molar-refractivity contribution is 6.05. The van der Waals surface area contributed by atoms with Crippen LogP contribution in [0.2, 0.25) is 0 Å². The minimum absolute atomic E-state index is 0.209. The molecule has 0 aliphatic carbocycles. The van der Waals surface area contributed by atoms with Gasteiger partial charge in [0.05, 0.1) is 0 Å². The van der Waals surface area contributed by atoms with E-state index in [0.717, 1.165) is 5.56 Å². The summed E-state index contributed by atoms with van der Waals surface area (Å²) in [4.78, 5) is 15.0. The number of hydrogen-bond acceptors (Lipinski definition) is 3. The van der Waals surface area contributed by atoms with E-state index in [0.29, 0.717) is 11.3 Å². The zero-order chi connectivity index (χ0) is 13.1. The van der Waals surface area contributed by atoms with Crippen molar-refractivity contribution in [3.8, 4) is 0 Å². The quantitative estimate of drug-likeness (QED) is 0.794. The summed E-state index contributed by atoms with van der Waals surface area (Å²) in [5, 5.41) is 17.9. The van der Waals surface area contributed by atoms with Crippen LogP contribution >= 0.6 is 0 Å². The first-order valence-corrected chi connectivity index (χ1v) is 5.40. The van der Waals surface area contributed by atoms with Crippen LogP contribution in [0.15, 0.2) is 24.3 Å². The standard InChI is InChI=1S/C12H11N5O/c1-7-3-5-9(6-4-7)12(18)14-11-10(15-13)8(2)16-17-11/h3-6,13H,1-2H3/p+1. The van der Waals surface area contributed by atoms with Crippen molar-refractivity contribution in [2.45, 2.75) is 13.8 Å². The molecule has 0 atom stereocenters. The molecule has 6 heteroatoms. The number of diazo groups is 1. The Morgan fingerprint density at radius 3 is 2.61 bits per heavy atom. The molecule has 0 unspecified atom stereocenters. The summed E-state index contributed by atoms with van der Waals surface area (Å²) < 4.78 is 0. The summed E-state index contributed by atoms with van der Waals surface area (Å²) in [7, 11) is 0. The molecule has 0 radical (unpaired) electrons. The molecule has 0 aliphatic heterocycles. The van der Waals surface area contributed by atoms with E-state index in [2.05, 4.69) is 20.5 Å². The first-order valence-electron chi connectivity index (χ1n) is 5.40. The molecule has 2 N–H and O–H groups in total. The number of anilines is 1. The maximum Gasteiger partial charge on any atom is 0.449 e. The van der Waals surface area contributed by atoms with E-state index in [1.807, 2.05) is 19.1 Å². The lowest BCUT2D eigenvalue weighted by Gasteiger charge is -2.00. The van der Waals surface area contributed by atoms with Crippen LogP contribution in [-0.4, -0.2) is 16.1 Å². The van der Waals surface area contributed by atoms with Gasteiger partial charge in [0.1, 0.15) is 5.69 Å². The van der Waals surface area contributed by atoms with E-state index in [1.165, 1.54) is 0 Å². The van der Waals surface area contributed by atoms with Crippen molar-refractivity contribution in [3.05, 3.63) is 46.1 Å². The molecule has 0 aliphatic rings. The molecular weight excluding hydrogens is 230 g/mol. The molecule has 2 aromatic rings. The van der Waals surface area contributed by atoms with E-state index in [4.69, 9.17) is 5.39 Å². The number of benzene rings is 1. The number of nitrogens with one attached hydrogen (secondary N) is 2. The van der Waals surface area contributed by atoms with E-state index in [9.17, 15) is 4.79 Å². The van der Waals surface area contributed by atoms with Crippen LogP contribution in [0.3, 0.4) is 0 Å². The summed E-state index contributed by atoms with van der Waals surface area (Å²) in [6.45, 7) is 3.64. The van der Waals surface area contributed by atoms with Crippen LogP contribution in [0.25, 0.3) is 4.98 Å². The highest BCUT2D eigenvalue weighted by Gasteiger charge is 2.23. The van der Waals surface area contributed by atoms with E-state index < -0.39 is 0 Å². The fraction of sp³-hybridized carbons (Fsp3) is 0.167. The van der Waals surface area contributed by atoms with Gasteiger partial charge in [0.2, 0.25) is 5.39 Å². The predicted octanol–water partition coefficient (Wildman–Crippen LogP) is 2.76. The Kier molecular flexibility index (Phi) is 3.06. The van der Waals surface area contributed by atoms with Gasteiger partial charge in [-0.05, 0) is 26.0 Å². The molecule has 1 heterocycles. The molecule has 1 amide bonds. The van der Waals surface area contributed by atoms with Crippen molar-refractivity contribution in [3.63, 3.8) is 0 Å². The van der Waals surface area contributed by atoms with Gasteiger partial charge < -0.3 is 0 Å². The Hall–Kier alpha value is -2.68. The minimum atomic E-state index is -0.300. The number of carbonyl (C=O) groups is 1. The minimum Gasteiger partial charge on any atom is -0.298 e. The number of nitrogens with zero attached hydrogens (tertiary/aromatic N) is 3. The van der Waals surface area contributed by atoms with Gasteiger partial charge in [-0.1, -0.05) is 17.7 Å². The summed E-state index contributed by atoms with van der Waals surface area (Å²) in [5.74, 6) is -0.0908. The fourth-order valence-electron chi connectivity index (χ4n) is 1.52. The van der Waals surface area contributed by atoms with Gasteiger partial charge in [0, 0.05) is 5.56 Å². The van der Waals surface area contributed by atoms with Crippen molar-refractivity contribution in [1.29, 1.82) is 5.39 Å². The van der Waals surface area contributed by atoms with Crippen LogP contribution in [-0.2, 0) is 0 Å². The molecule has 0 spiro atoms. The second kappa shape index (κ2) is 4.67. The SMILES string of the molecule is Cc1ccc(C(=O)Nc2n[nH]c(C)c2[N+]#N)cc1. The second-order valence-corrected chi connectivity index (χ2v) is 3.97. The van der Waals surface area contributed by atoms with Gasteiger partial charge in [-0.25, -0.2) is 0 Å². The Morgan fingerprint density at radius 1 is 1.33 bits per heavy atom. The fourth-order valence-corrected chi connectivity index (χ4v) is 1.52. The van der Waals surface area contributed by atoms with Crippen molar-refractivity contribution >= 4 is 17.4 Å². The van der Waals surface area contributed by atoms with E-state index >= 15 is 0 Å². The summed E-state index contributed by atoms with van der Waals surface area (Å²) in [6.07, 6.45) is 0. The van der Waals surface area contributed by atoms with Gasteiger partial charge in [0.15, 0.2) is 4.98 Å². The Labute approximate surface area is 104 Å². The molecule has 0 saturated heterocycles. The average Bonchev–Trinajstić information content (AvgIpc) is 2.70. The van der Waals surface area contributed by atoms with Gasteiger partial charge in [-0.3, -0.25) is 15.2 Å². The number of hydrogen-bond donors (Lipinski definition) is 2. The zero-order valence-electron chi connectivity index (χ0n) is 10.1. The maximum absolute atomic E-state index is 11.9. The van der Waals surface area contributed by atoms with Crippen molar-refractivity contribution in [2.24, 2.45) is 0 Å². The highest BCUT2D eigenvalue weighted by Crippen LogP contribution is 2.26. The lowest BCUT2D eigenvalue weighted by Crippen LogP contribution is -2.12. The van der Waals surface area contributed by atoms with Gasteiger partial charge >= 0.3 is 5.69 Å². The Morgan fingerprint density at radius 2 is 2.00 bits per heavy atom. The molecule has 18 heavy (non-hydrogen) atoms. The zero-order valence-corrected chi connectivity index (χ0v) is 10.1. The van der Waals surface area contributed by atoms with Crippen LogP contribution < -0.4 is 5.32 Å². The first kappa shape index (κ1) is 11.8. The van der Waals surface area contributed by atoms with Crippen molar-refractivity contribution in [2.75, 3.05) is 5.32 Å². The van der Waals surface area contributed by atoms with Crippen LogP contribution in [0.1, 0.15) is 21.6 Å². The molecule has 1 aromatic heterocycles. The number of carbonyl (C=O) groups excluding carboxylic acids is 1. The average molecular weight is 242 g/mol. The Balaban J connectivity index is 2.22. The molecule has 0 bridgehead atoms. The van der Waals surface area contributed by atoms with Crippen LogP contribution in [0.5, 0.6) is 0 Å². The van der Waals surface area contributed by atoms with Crippen molar-refractivity contribution < 1.29 is 4.79 Å². The van der Waals surface area contributed by atoms with Gasteiger partial charge in [-0.15, -0.1) is 5.10 Å². The highest BCUT2D eigenvalue weighted by atomic mass is 16.1. The summed E-state index contributed by atoms with van der Waals surface area (Å²) in [5.41, 5.74) is 2.41. The number of aryl methyl sites for hydroxylation is 2. The number of aromatic amines is 1. The topological polar surface area (TPSA) is 85.9 Å². The lowest BCUT2D eigenvalue weighted by molar-refractivity contribution is 0.102. The van der Waals surface area contributed by atoms with Gasteiger partial charge in [0.25, 0.3) is 11.7 Å².